The Balaban J connectivity index is 1.65. The van der Waals surface area contributed by atoms with Gasteiger partial charge in [0.2, 0.25) is 0 Å². The molecular weight excluding hydrogens is 321 g/mol. The van der Waals surface area contributed by atoms with Crippen LogP contribution >= 0.6 is 0 Å². The number of aliphatic hydroxyl groups is 1. The summed E-state index contributed by atoms with van der Waals surface area (Å²) in [6, 6.07) is 13.8. The van der Waals surface area contributed by atoms with Crippen molar-refractivity contribution in [3.05, 3.63) is 59.9 Å². The second kappa shape index (κ2) is 6.13. The third-order valence-corrected chi connectivity index (χ3v) is 5.38. The number of benzene rings is 2. The second-order valence-corrected chi connectivity index (χ2v) is 6.59. The van der Waals surface area contributed by atoms with Crippen LogP contribution < -0.4 is 10.2 Å². The molecule has 2 amide bonds. The molecule has 2 aromatic carbocycles. The largest absolute Gasteiger partial charge is 0.395 e. The molecule has 1 saturated heterocycles. The third-order valence-electron chi connectivity index (χ3n) is 5.38. The molecule has 2 aromatic rings. The van der Waals surface area contributed by atoms with E-state index in [1.54, 1.807) is 23.1 Å². The van der Waals surface area contributed by atoms with Crippen LogP contribution in [0.3, 0.4) is 0 Å². The van der Waals surface area contributed by atoms with Crippen molar-refractivity contribution in [2.75, 3.05) is 30.4 Å². The van der Waals surface area contributed by atoms with Crippen LogP contribution in [0.2, 0.25) is 0 Å². The van der Waals surface area contributed by atoms with Crippen LogP contribution in [-0.2, 0) is 0 Å². The Morgan fingerprint density at radius 2 is 1.96 bits per heavy atom. The van der Waals surface area contributed by atoms with Crippen molar-refractivity contribution < 1.29 is 14.3 Å². The van der Waals surface area contributed by atoms with Gasteiger partial charge < -0.3 is 10.4 Å². The van der Waals surface area contributed by atoms with Gasteiger partial charge in [-0.3, -0.25) is 9.80 Å². The number of likely N-dealkylation sites (N-methyl/N-ethyl adjacent to an activating group) is 1. The molecule has 2 aliphatic heterocycles. The van der Waals surface area contributed by atoms with E-state index >= 15 is 0 Å². The monoisotopic (exact) mass is 341 g/mol. The summed E-state index contributed by atoms with van der Waals surface area (Å²) in [6.07, 6.45) is 0. The average Bonchev–Trinajstić information content (AvgIpc) is 2.63. The quantitative estimate of drug-likeness (QED) is 0.883. The molecule has 0 unspecified atom stereocenters. The predicted octanol–water partition coefficient (Wildman–Crippen LogP) is 2.64. The number of carbonyl (C=O) groups is 1. The number of hydrogen-bond acceptors (Lipinski definition) is 3. The lowest BCUT2D eigenvalue weighted by atomic mass is 9.72. The molecule has 0 radical (unpaired) electrons. The summed E-state index contributed by atoms with van der Waals surface area (Å²) in [5.41, 5.74) is 2.05. The molecule has 1 fully saturated rings. The van der Waals surface area contributed by atoms with Gasteiger partial charge in [-0.1, -0.05) is 30.3 Å². The van der Waals surface area contributed by atoms with E-state index in [2.05, 4.69) is 10.2 Å². The lowest BCUT2D eigenvalue weighted by Crippen LogP contribution is -2.68. The van der Waals surface area contributed by atoms with Gasteiger partial charge in [0, 0.05) is 30.2 Å². The van der Waals surface area contributed by atoms with E-state index in [4.69, 9.17) is 0 Å². The summed E-state index contributed by atoms with van der Waals surface area (Å²) in [7, 11) is 1.96. The standard InChI is InChI=1S/C19H20FN3O2/c1-22-16-10-23(19(25)21-14-8-4-3-7-13(14)20)15-9-5-2-6-12(15)18(16)17(22)11-24/h2-9,16-18,24H,10-11H2,1H3,(H,21,25)/t16-,17-,18+/m1/s1. The Hall–Kier alpha value is -2.44. The minimum atomic E-state index is -0.458. The lowest BCUT2D eigenvalue weighted by molar-refractivity contribution is -0.0202. The molecule has 6 heteroatoms. The van der Waals surface area contributed by atoms with E-state index in [0.717, 1.165) is 11.3 Å². The fourth-order valence-corrected chi connectivity index (χ4v) is 4.04. The first-order chi connectivity index (χ1) is 12.1. The van der Waals surface area contributed by atoms with Crippen LogP contribution in [0.4, 0.5) is 20.6 Å². The number of para-hydroxylation sites is 2. The zero-order chi connectivity index (χ0) is 17.6. The SMILES string of the molecule is CN1[C@H](CO)[C@H]2c3ccccc3N(C(=O)Nc3ccccc3F)C[C@H]21. The van der Waals surface area contributed by atoms with Crippen LogP contribution in [0, 0.1) is 5.82 Å². The normalized spacial score (nSPS) is 24.9. The van der Waals surface area contributed by atoms with Crippen LogP contribution in [0.15, 0.2) is 48.5 Å². The summed E-state index contributed by atoms with van der Waals surface area (Å²) in [6.45, 7) is 0.600. The van der Waals surface area contributed by atoms with Crippen LogP contribution in [0.25, 0.3) is 0 Å². The molecule has 0 aromatic heterocycles. The van der Waals surface area contributed by atoms with Crippen molar-refractivity contribution in [2.24, 2.45) is 0 Å². The van der Waals surface area contributed by atoms with Crippen molar-refractivity contribution in [3.63, 3.8) is 0 Å². The van der Waals surface area contributed by atoms with E-state index in [1.807, 2.05) is 31.3 Å². The molecule has 4 rings (SSSR count). The topological polar surface area (TPSA) is 55.8 Å². The molecule has 2 aliphatic rings. The minimum Gasteiger partial charge on any atom is -0.395 e. The number of likely N-dealkylation sites (tertiary alicyclic amines) is 1. The fraction of sp³-hybridized carbons (Fsp3) is 0.316. The highest BCUT2D eigenvalue weighted by atomic mass is 19.1. The highest BCUT2D eigenvalue weighted by Gasteiger charge is 2.51. The number of amides is 2. The first-order valence-corrected chi connectivity index (χ1v) is 8.36. The molecule has 0 saturated carbocycles. The van der Waals surface area contributed by atoms with Gasteiger partial charge in [-0.05, 0) is 30.8 Å². The fourth-order valence-electron chi connectivity index (χ4n) is 4.04. The van der Waals surface area contributed by atoms with Gasteiger partial charge in [0.05, 0.1) is 12.3 Å². The maximum atomic E-state index is 13.9. The van der Waals surface area contributed by atoms with Gasteiger partial charge in [0.15, 0.2) is 0 Å². The maximum Gasteiger partial charge on any atom is 0.326 e. The molecular formula is C19H20FN3O2. The molecule has 0 spiro atoms. The van der Waals surface area contributed by atoms with E-state index in [1.165, 1.54) is 6.07 Å². The second-order valence-electron chi connectivity index (χ2n) is 6.59. The smallest absolute Gasteiger partial charge is 0.326 e. The van der Waals surface area contributed by atoms with Crippen LogP contribution in [0.1, 0.15) is 11.5 Å². The van der Waals surface area contributed by atoms with Crippen molar-refractivity contribution in [1.82, 2.24) is 4.90 Å². The van der Waals surface area contributed by atoms with Gasteiger partial charge in [-0.2, -0.15) is 0 Å². The first-order valence-electron chi connectivity index (χ1n) is 8.36. The highest BCUT2D eigenvalue weighted by molar-refractivity contribution is 6.03. The van der Waals surface area contributed by atoms with Gasteiger partial charge in [0.25, 0.3) is 0 Å². The Labute approximate surface area is 145 Å². The maximum absolute atomic E-state index is 13.9. The Kier molecular flexibility index (Phi) is 3.94. The number of rotatable bonds is 2. The molecule has 130 valence electrons. The Morgan fingerprint density at radius 3 is 2.72 bits per heavy atom. The van der Waals surface area contributed by atoms with Crippen molar-refractivity contribution in [2.45, 2.75) is 18.0 Å². The predicted molar refractivity (Wildman–Crippen MR) is 94.4 cm³/mol. The van der Waals surface area contributed by atoms with Crippen molar-refractivity contribution >= 4 is 17.4 Å². The number of aliphatic hydroxyl groups excluding tert-OH is 1. The van der Waals surface area contributed by atoms with Gasteiger partial charge in [0.1, 0.15) is 5.82 Å². The Bertz CT molecular complexity index is 813. The van der Waals surface area contributed by atoms with E-state index in [9.17, 15) is 14.3 Å². The van der Waals surface area contributed by atoms with Crippen molar-refractivity contribution in [1.29, 1.82) is 0 Å². The summed E-state index contributed by atoms with van der Waals surface area (Å²) in [5.74, 6) is -0.246. The third kappa shape index (κ3) is 2.49. The molecule has 2 N–H and O–H groups in total. The summed E-state index contributed by atoms with van der Waals surface area (Å²) < 4.78 is 13.9. The van der Waals surface area contributed by atoms with Crippen LogP contribution in [0.5, 0.6) is 0 Å². The van der Waals surface area contributed by atoms with E-state index < -0.39 is 5.82 Å². The van der Waals surface area contributed by atoms with E-state index in [0.29, 0.717) is 6.54 Å². The lowest BCUT2D eigenvalue weighted by Gasteiger charge is -2.57. The number of hydrogen-bond donors (Lipinski definition) is 2. The van der Waals surface area contributed by atoms with Gasteiger partial charge in [-0.15, -0.1) is 0 Å². The van der Waals surface area contributed by atoms with E-state index in [-0.39, 0.29) is 36.3 Å². The summed E-state index contributed by atoms with van der Waals surface area (Å²) in [5, 5.41) is 12.3. The highest BCUT2D eigenvalue weighted by Crippen LogP contribution is 2.47. The number of nitrogens with one attached hydrogen (secondary N) is 1. The molecule has 0 aliphatic carbocycles. The van der Waals surface area contributed by atoms with Gasteiger partial charge in [-0.25, -0.2) is 9.18 Å². The number of halogens is 1. The summed E-state index contributed by atoms with van der Waals surface area (Å²) in [4.78, 5) is 16.6. The summed E-state index contributed by atoms with van der Waals surface area (Å²) >= 11 is 0. The first kappa shape index (κ1) is 16.1. The minimum absolute atomic E-state index is 0.0722. The molecule has 25 heavy (non-hydrogen) atoms. The number of nitrogens with zero attached hydrogens (tertiary/aromatic N) is 2. The number of fused-ring (bicyclic) bond motifs is 3. The average molecular weight is 341 g/mol. The van der Waals surface area contributed by atoms with Gasteiger partial charge >= 0.3 is 6.03 Å². The number of anilines is 2. The number of urea groups is 1. The van der Waals surface area contributed by atoms with Crippen molar-refractivity contribution in [3.8, 4) is 0 Å². The molecule has 0 bridgehead atoms. The molecule has 3 atom stereocenters. The molecule has 2 heterocycles. The zero-order valence-electron chi connectivity index (χ0n) is 13.9. The Morgan fingerprint density at radius 1 is 1.24 bits per heavy atom. The molecule has 5 nitrogen and oxygen atoms in total. The zero-order valence-corrected chi connectivity index (χ0v) is 13.9. The number of carbonyl (C=O) groups excluding carboxylic acids is 1. The van der Waals surface area contributed by atoms with Crippen LogP contribution in [-0.4, -0.2) is 48.3 Å².